The van der Waals surface area contributed by atoms with Gasteiger partial charge in [-0.05, 0) is 50.2 Å². The van der Waals surface area contributed by atoms with Crippen molar-refractivity contribution in [2.75, 3.05) is 18.4 Å². The molecule has 1 aromatic heterocycles. The van der Waals surface area contributed by atoms with Crippen LogP contribution in [0.15, 0.2) is 29.6 Å². The van der Waals surface area contributed by atoms with Gasteiger partial charge in [0, 0.05) is 17.5 Å². The molecule has 2 aromatic rings. The second kappa shape index (κ2) is 9.05. The first-order valence-corrected chi connectivity index (χ1v) is 9.51. The predicted molar refractivity (Wildman–Crippen MR) is 96.9 cm³/mol. The van der Waals surface area contributed by atoms with E-state index in [4.69, 9.17) is 0 Å². The molecular formula is C18H21F2N3O2S. The Labute approximate surface area is 155 Å². The number of likely N-dealkylation sites (tertiary alicyclic amines) is 1. The standard InChI is InChI=1S/C18H21F2N3O2S/c19-17(20)25-15-7-5-13(6-8-15)16(24)22-18-21-14(12-26-18)11-23-9-3-1-2-4-10-23/h5-8,12,17H,1-4,9-11H2,(H,21,22,24). The Morgan fingerprint density at radius 1 is 1.19 bits per heavy atom. The van der Waals surface area contributed by atoms with Crippen LogP contribution in [0.5, 0.6) is 5.75 Å². The lowest BCUT2D eigenvalue weighted by Gasteiger charge is -2.17. The molecule has 0 aliphatic carbocycles. The van der Waals surface area contributed by atoms with Crippen molar-refractivity contribution in [3.05, 3.63) is 40.9 Å². The molecule has 0 unspecified atom stereocenters. The minimum atomic E-state index is -2.88. The number of nitrogens with zero attached hydrogens (tertiary/aromatic N) is 2. The number of thiazole rings is 1. The van der Waals surface area contributed by atoms with Crippen molar-refractivity contribution < 1.29 is 18.3 Å². The SMILES string of the molecule is O=C(Nc1nc(CN2CCCCCC2)cs1)c1ccc(OC(F)F)cc1. The number of benzene rings is 1. The largest absolute Gasteiger partial charge is 0.435 e. The Morgan fingerprint density at radius 2 is 1.88 bits per heavy atom. The van der Waals surface area contributed by atoms with Gasteiger partial charge in [0.25, 0.3) is 5.91 Å². The van der Waals surface area contributed by atoms with Gasteiger partial charge in [-0.1, -0.05) is 12.8 Å². The Balaban J connectivity index is 1.55. The number of rotatable bonds is 6. The second-order valence-corrected chi connectivity index (χ2v) is 7.05. The van der Waals surface area contributed by atoms with Gasteiger partial charge in [-0.15, -0.1) is 11.3 Å². The number of carbonyl (C=O) groups is 1. The third-order valence-corrected chi connectivity index (χ3v) is 5.00. The molecule has 1 N–H and O–H groups in total. The molecule has 0 spiro atoms. The van der Waals surface area contributed by atoms with Gasteiger partial charge in [0.1, 0.15) is 5.75 Å². The highest BCUT2D eigenvalue weighted by atomic mass is 32.1. The molecular weight excluding hydrogens is 360 g/mol. The van der Waals surface area contributed by atoms with E-state index < -0.39 is 6.61 Å². The molecule has 0 atom stereocenters. The van der Waals surface area contributed by atoms with Crippen molar-refractivity contribution in [3.63, 3.8) is 0 Å². The Hall–Kier alpha value is -2.06. The van der Waals surface area contributed by atoms with Crippen LogP contribution >= 0.6 is 11.3 Å². The molecule has 26 heavy (non-hydrogen) atoms. The molecule has 1 saturated heterocycles. The summed E-state index contributed by atoms with van der Waals surface area (Å²) in [5.74, 6) is -0.310. The van der Waals surface area contributed by atoms with Crippen LogP contribution in [0.3, 0.4) is 0 Å². The van der Waals surface area contributed by atoms with E-state index in [0.717, 1.165) is 25.3 Å². The van der Waals surface area contributed by atoms with Gasteiger partial charge in [-0.2, -0.15) is 8.78 Å². The minimum Gasteiger partial charge on any atom is -0.435 e. The molecule has 1 aromatic carbocycles. The first-order valence-electron chi connectivity index (χ1n) is 8.63. The molecule has 140 valence electrons. The molecule has 1 aliphatic rings. The van der Waals surface area contributed by atoms with Crippen molar-refractivity contribution in [1.82, 2.24) is 9.88 Å². The molecule has 3 rings (SSSR count). The minimum absolute atomic E-state index is 0.0190. The molecule has 1 aliphatic heterocycles. The number of aromatic nitrogens is 1. The van der Waals surface area contributed by atoms with Gasteiger partial charge in [0.15, 0.2) is 5.13 Å². The van der Waals surface area contributed by atoms with E-state index in [1.54, 1.807) is 0 Å². The van der Waals surface area contributed by atoms with Crippen molar-refractivity contribution in [2.24, 2.45) is 0 Å². The molecule has 1 amide bonds. The summed E-state index contributed by atoms with van der Waals surface area (Å²) < 4.78 is 28.6. The maximum absolute atomic E-state index is 12.2. The summed E-state index contributed by atoms with van der Waals surface area (Å²) in [4.78, 5) is 19.1. The first-order chi connectivity index (χ1) is 12.6. The summed E-state index contributed by atoms with van der Waals surface area (Å²) >= 11 is 1.38. The molecule has 5 nitrogen and oxygen atoms in total. The average molecular weight is 381 g/mol. The zero-order valence-corrected chi connectivity index (χ0v) is 15.1. The number of halogens is 2. The number of anilines is 1. The van der Waals surface area contributed by atoms with Crippen LogP contribution in [0.2, 0.25) is 0 Å². The van der Waals surface area contributed by atoms with Gasteiger partial charge < -0.3 is 4.74 Å². The van der Waals surface area contributed by atoms with Gasteiger partial charge in [-0.25, -0.2) is 4.98 Å². The van der Waals surface area contributed by atoms with Crippen LogP contribution < -0.4 is 10.1 Å². The zero-order chi connectivity index (χ0) is 18.4. The van der Waals surface area contributed by atoms with Crippen LogP contribution in [0.25, 0.3) is 0 Å². The summed E-state index contributed by atoms with van der Waals surface area (Å²) in [6.07, 6.45) is 5.02. The lowest BCUT2D eigenvalue weighted by molar-refractivity contribution is -0.0498. The summed E-state index contributed by atoms with van der Waals surface area (Å²) in [6, 6.07) is 5.57. The number of hydrogen-bond donors (Lipinski definition) is 1. The third kappa shape index (κ3) is 5.47. The highest BCUT2D eigenvalue weighted by Crippen LogP contribution is 2.20. The van der Waals surface area contributed by atoms with Crippen molar-refractivity contribution >= 4 is 22.4 Å². The summed E-state index contributed by atoms with van der Waals surface area (Å²) in [5, 5.41) is 5.24. The van der Waals surface area contributed by atoms with E-state index in [1.807, 2.05) is 5.38 Å². The van der Waals surface area contributed by atoms with Crippen LogP contribution in [-0.4, -0.2) is 35.5 Å². The van der Waals surface area contributed by atoms with Gasteiger partial charge in [-0.3, -0.25) is 15.0 Å². The quantitative estimate of drug-likeness (QED) is 0.807. The lowest BCUT2D eigenvalue weighted by Crippen LogP contribution is -2.24. The normalized spacial score (nSPS) is 15.7. The Bertz CT molecular complexity index is 713. The van der Waals surface area contributed by atoms with Gasteiger partial charge >= 0.3 is 6.61 Å². The number of alkyl halides is 2. The van der Waals surface area contributed by atoms with Crippen LogP contribution in [0, 0.1) is 0 Å². The fraction of sp³-hybridized carbons (Fsp3) is 0.444. The predicted octanol–water partition coefficient (Wildman–Crippen LogP) is 4.37. The van der Waals surface area contributed by atoms with E-state index >= 15 is 0 Å². The number of amides is 1. The molecule has 0 saturated carbocycles. The van der Waals surface area contributed by atoms with E-state index in [-0.39, 0.29) is 11.7 Å². The van der Waals surface area contributed by atoms with Crippen molar-refractivity contribution in [3.8, 4) is 5.75 Å². The fourth-order valence-corrected chi connectivity index (χ4v) is 3.61. The highest BCUT2D eigenvalue weighted by molar-refractivity contribution is 7.13. The Morgan fingerprint density at radius 3 is 2.54 bits per heavy atom. The maximum Gasteiger partial charge on any atom is 0.387 e. The third-order valence-electron chi connectivity index (χ3n) is 4.20. The first kappa shape index (κ1) is 18.7. The topological polar surface area (TPSA) is 54.5 Å². The molecule has 2 heterocycles. The van der Waals surface area contributed by atoms with Crippen LogP contribution in [0.4, 0.5) is 13.9 Å². The number of carbonyl (C=O) groups excluding carboxylic acids is 1. The summed E-state index contributed by atoms with van der Waals surface area (Å²) in [7, 11) is 0. The lowest BCUT2D eigenvalue weighted by atomic mass is 10.2. The van der Waals surface area contributed by atoms with E-state index in [2.05, 4.69) is 19.9 Å². The van der Waals surface area contributed by atoms with E-state index in [1.165, 1.54) is 61.3 Å². The number of hydrogen-bond acceptors (Lipinski definition) is 5. The zero-order valence-electron chi connectivity index (χ0n) is 14.3. The average Bonchev–Trinajstić information content (AvgIpc) is 2.88. The second-order valence-electron chi connectivity index (χ2n) is 6.19. The highest BCUT2D eigenvalue weighted by Gasteiger charge is 2.13. The van der Waals surface area contributed by atoms with Gasteiger partial charge in [0.05, 0.1) is 5.69 Å². The van der Waals surface area contributed by atoms with Gasteiger partial charge in [0.2, 0.25) is 0 Å². The monoisotopic (exact) mass is 381 g/mol. The molecule has 0 radical (unpaired) electrons. The van der Waals surface area contributed by atoms with Crippen molar-refractivity contribution in [1.29, 1.82) is 0 Å². The van der Waals surface area contributed by atoms with Crippen LogP contribution in [0.1, 0.15) is 41.7 Å². The molecule has 0 bridgehead atoms. The van der Waals surface area contributed by atoms with Crippen molar-refractivity contribution in [2.45, 2.75) is 38.8 Å². The van der Waals surface area contributed by atoms with Crippen LogP contribution in [-0.2, 0) is 6.54 Å². The summed E-state index contributed by atoms with van der Waals surface area (Å²) in [5.41, 5.74) is 1.31. The Kier molecular flexibility index (Phi) is 6.51. The summed E-state index contributed by atoms with van der Waals surface area (Å²) in [6.45, 7) is 0.0949. The van der Waals surface area contributed by atoms with E-state index in [9.17, 15) is 13.6 Å². The smallest absolute Gasteiger partial charge is 0.387 e. The van der Waals surface area contributed by atoms with E-state index in [0.29, 0.717) is 10.7 Å². The fourth-order valence-electron chi connectivity index (χ4n) is 2.92. The maximum atomic E-state index is 12.2. The number of ether oxygens (including phenoxy) is 1. The molecule has 8 heteroatoms. The molecule has 1 fully saturated rings. The number of nitrogens with one attached hydrogen (secondary N) is 1.